The smallest absolute Gasteiger partial charge is 0.330 e. The number of benzene rings is 4. The molecule has 0 amide bonds. The minimum Gasteiger partial charge on any atom is -0.427 e. The molecule has 2 aromatic heterocycles. The van der Waals surface area contributed by atoms with E-state index in [1.165, 1.54) is 11.1 Å². The first-order chi connectivity index (χ1) is 19.5. The van der Waals surface area contributed by atoms with Gasteiger partial charge in [0.25, 0.3) is 0 Å². The van der Waals surface area contributed by atoms with Gasteiger partial charge in [0.2, 0.25) is 5.95 Å². The van der Waals surface area contributed by atoms with Crippen LogP contribution in [0.5, 0.6) is 0 Å². The van der Waals surface area contributed by atoms with Crippen LogP contribution in [0.15, 0.2) is 84.9 Å². The zero-order valence-electron chi connectivity index (χ0n) is 24.4. The van der Waals surface area contributed by atoms with E-state index < -0.39 is 11.2 Å². The van der Waals surface area contributed by atoms with Crippen molar-refractivity contribution in [2.45, 2.75) is 58.2 Å². The van der Waals surface area contributed by atoms with Crippen LogP contribution in [0.1, 0.15) is 52.7 Å². The van der Waals surface area contributed by atoms with Gasteiger partial charge in [-0.05, 0) is 57.0 Å². The summed E-state index contributed by atoms with van der Waals surface area (Å²) in [7, 11) is 1.74. The van der Waals surface area contributed by atoms with Gasteiger partial charge in [-0.25, -0.2) is 9.97 Å². The fourth-order valence-electron chi connectivity index (χ4n) is 6.01. The molecule has 5 nitrogen and oxygen atoms in total. The molecule has 0 fully saturated rings. The minimum atomic E-state index is -0.995. The Bertz CT molecular complexity index is 2000. The fraction of sp³-hybridized carbons (Fsp3) is 0.257. The van der Waals surface area contributed by atoms with Crippen molar-refractivity contribution in [3.05, 3.63) is 96.1 Å². The van der Waals surface area contributed by atoms with Crippen LogP contribution in [0.2, 0.25) is 0 Å². The van der Waals surface area contributed by atoms with Gasteiger partial charge in [0, 0.05) is 27.1 Å². The molecule has 0 aliphatic heterocycles. The number of nitrogens with zero attached hydrogens (tertiary/aromatic N) is 3. The normalized spacial score (nSPS) is 14.5. The fourth-order valence-corrected chi connectivity index (χ4v) is 6.01. The molecular weight excluding hydrogens is 505 g/mol. The second-order valence-electron chi connectivity index (χ2n) is 12.7. The molecule has 41 heavy (non-hydrogen) atoms. The quantitative estimate of drug-likeness (QED) is 0.244. The number of hydrogen-bond acceptors (Lipinski definition) is 4. The molecule has 203 valence electrons. The maximum atomic E-state index is 10.5. The van der Waals surface area contributed by atoms with Gasteiger partial charge in [0.15, 0.2) is 0 Å². The number of aliphatic hydroxyl groups is 1. The highest BCUT2D eigenvalue weighted by Crippen LogP contribution is 2.47. The van der Waals surface area contributed by atoms with E-state index in [2.05, 4.69) is 97.3 Å². The first kappa shape index (κ1) is 25.9. The van der Waals surface area contributed by atoms with Gasteiger partial charge < -0.3 is 9.76 Å². The van der Waals surface area contributed by atoms with Crippen molar-refractivity contribution < 1.29 is 9.76 Å². The Morgan fingerprint density at radius 3 is 2.29 bits per heavy atom. The third-order valence-corrected chi connectivity index (χ3v) is 9.10. The summed E-state index contributed by atoms with van der Waals surface area (Å²) in [5.41, 5.74) is 6.73. The first-order valence-corrected chi connectivity index (χ1v) is 14.2. The standard InChI is InChI=1S/C35H33BN3O2/c1-33(2)25-14-9-7-13-23(25)31-30-26(33)15-11-16-27(30)37-32(38-31)39-28-17-10-8-12-22(28)24-20-21(18-19-29(24)39)36-41-35(5,6)34(3,4)40/h7-20,40H,1-6H3. The average Bonchev–Trinajstić information content (AvgIpc) is 3.28. The molecule has 0 unspecified atom stereocenters. The molecule has 0 atom stereocenters. The van der Waals surface area contributed by atoms with Crippen molar-refractivity contribution in [2.24, 2.45) is 0 Å². The van der Waals surface area contributed by atoms with Gasteiger partial charge in [0.1, 0.15) is 0 Å². The largest absolute Gasteiger partial charge is 0.427 e. The Hall–Kier alpha value is -4.00. The summed E-state index contributed by atoms with van der Waals surface area (Å²) in [6.45, 7) is 11.9. The number of para-hydroxylation sites is 1. The Morgan fingerprint density at radius 1 is 0.780 bits per heavy atom. The third kappa shape index (κ3) is 3.85. The lowest BCUT2D eigenvalue weighted by molar-refractivity contribution is -0.0893. The van der Waals surface area contributed by atoms with Crippen LogP contribution in [0, 0.1) is 0 Å². The molecule has 0 saturated heterocycles. The van der Waals surface area contributed by atoms with E-state index in [-0.39, 0.29) is 5.41 Å². The molecule has 4 aromatic carbocycles. The summed E-state index contributed by atoms with van der Waals surface area (Å²) >= 11 is 0. The van der Waals surface area contributed by atoms with E-state index >= 15 is 0 Å². The van der Waals surface area contributed by atoms with Crippen LogP contribution < -0.4 is 5.46 Å². The summed E-state index contributed by atoms with van der Waals surface area (Å²) in [6.07, 6.45) is 0. The van der Waals surface area contributed by atoms with Crippen LogP contribution in [0.25, 0.3) is 49.9 Å². The lowest BCUT2D eigenvalue weighted by Gasteiger charge is -2.37. The summed E-state index contributed by atoms with van der Waals surface area (Å²) in [4.78, 5) is 10.5. The number of aromatic nitrogens is 3. The van der Waals surface area contributed by atoms with Gasteiger partial charge in [-0.2, -0.15) is 0 Å². The number of rotatable bonds is 5. The topological polar surface area (TPSA) is 60.2 Å². The second kappa shape index (κ2) is 8.75. The second-order valence-corrected chi connectivity index (χ2v) is 12.7. The highest BCUT2D eigenvalue weighted by atomic mass is 16.5. The van der Waals surface area contributed by atoms with Gasteiger partial charge in [-0.1, -0.05) is 86.0 Å². The maximum absolute atomic E-state index is 10.5. The molecule has 6 heteroatoms. The van der Waals surface area contributed by atoms with Gasteiger partial charge in [-0.3, -0.25) is 4.57 Å². The molecule has 7 rings (SSSR count). The van der Waals surface area contributed by atoms with Crippen LogP contribution in [-0.2, 0) is 10.1 Å². The van der Waals surface area contributed by atoms with Crippen LogP contribution >= 0.6 is 0 Å². The van der Waals surface area contributed by atoms with E-state index in [4.69, 9.17) is 14.6 Å². The summed E-state index contributed by atoms with van der Waals surface area (Å²) in [5.74, 6) is 0.654. The van der Waals surface area contributed by atoms with Crippen LogP contribution in [-0.4, -0.2) is 38.3 Å². The molecule has 1 radical (unpaired) electrons. The highest BCUT2D eigenvalue weighted by molar-refractivity contribution is 6.47. The zero-order valence-corrected chi connectivity index (χ0v) is 24.4. The third-order valence-electron chi connectivity index (χ3n) is 9.10. The molecule has 0 bridgehead atoms. The Labute approximate surface area is 241 Å². The molecule has 0 saturated carbocycles. The van der Waals surface area contributed by atoms with E-state index in [9.17, 15) is 5.11 Å². The van der Waals surface area contributed by atoms with Crippen molar-refractivity contribution in [1.29, 1.82) is 0 Å². The number of fused-ring (bicyclic) bond motifs is 5. The lowest BCUT2D eigenvalue weighted by atomic mass is 9.70. The molecule has 0 spiro atoms. The van der Waals surface area contributed by atoms with E-state index in [0.717, 1.165) is 49.4 Å². The van der Waals surface area contributed by atoms with Gasteiger partial charge >= 0.3 is 7.48 Å². The van der Waals surface area contributed by atoms with Gasteiger partial charge in [0.05, 0.1) is 33.4 Å². The van der Waals surface area contributed by atoms with E-state index in [0.29, 0.717) is 5.95 Å². The lowest BCUT2D eigenvalue weighted by Crippen LogP contribution is -2.49. The average molecular weight is 538 g/mol. The molecule has 2 heterocycles. The van der Waals surface area contributed by atoms with Gasteiger partial charge in [-0.15, -0.1) is 0 Å². The number of hydrogen-bond donors (Lipinski definition) is 1. The molecular formula is C35H33BN3O2. The molecule has 1 N–H and O–H groups in total. The highest BCUT2D eigenvalue weighted by Gasteiger charge is 2.36. The zero-order chi connectivity index (χ0) is 28.7. The SMILES string of the molecule is CC1(C)c2ccccc2-c2nc(-n3c4ccccc4c4cc([B]OC(C)(C)C(C)(C)O)ccc43)nc3cccc1c23. The molecule has 6 aromatic rings. The molecule has 1 aliphatic carbocycles. The minimum absolute atomic E-state index is 0.143. The van der Waals surface area contributed by atoms with Crippen molar-refractivity contribution in [2.75, 3.05) is 0 Å². The predicted molar refractivity (Wildman–Crippen MR) is 168 cm³/mol. The first-order valence-electron chi connectivity index (χ1n) is 14.2. The Balaban J connectivity index is 1.44. The van der Waals surface area contributed by atoms with Crippen molar-refractivity contribution >= 4 is 45.7 Å². The Morgan fingerprint density at radius 2 is 1.49 bits per heavy atom. The van der Waals surface area contributed by atoms with E-state index in [1.807, 2.05) is 19.9 Å². The summed E-state index contributed by atoms with van der Waals surface area (Å²) < 4.78 is 8.24. The monoisotopic (exact) mass is 538 g/mol. The Kier molecular flexibility index (Phi) is 5.54. The van der Waals surface area contributed by atoms with Crippen molar-refractivity contribution in [3.63, 3.8) is 0 Å². The predicted octanol–water partition coefficient (Wildman–Crippen LogP) is 6.84. The van der Waals surface area contributed by atoms with Crippen LogP contribution in [0.3, 0.4) is 0 Å². The maximum Gasteiger partial charge on any atom is 0.330 e. The van der Waals surface area contributed by atoms with Crippen molar-refractivity contribution in [1.82, 2.24) is 14.5 Å². The van der Waals surface area contributed by atoms with Crippen LogP contribution in [0.4, 0.5) is 0 Å². The van der Waals surface area contributed by atoms with Crippen molar-refractivity contribution in [3.8, 4) is 17.2 Å². The molecule has 1 aliphatic rings. The van der Waals surface area contributed by atoms with E-state index in [1.54, 1.807) is 21.3 Å². The summed E-state index contributed by atoms with van der Waals surface area (Å²) in [5, 5.41) is 13.9. The summed E-state index contributed by atoms with van der Waals surface area (Å²) in [6, 6.07) is 29.7.